The van der Waals surface area contributed by atoms with Gasteiger partial charge in [0.25, 0.3) is 0 Å². The second-order valence-corrected chi connectivity index (χ2v) is 3.32. The van der Waals surface area contributed by atoms with E-state index in [-0.39, 0.29) is 0 Å². The van der Waals surface area contributed by atoms with Crippen LogP contribution in [0.4, 0.5) is 5.95 Å². The molecule has 0 atom stereocenters. The van der Waals surface area contributed by atoms with Gasteiger partial charge in [0.05, 0.1) is 0 Å². The quantitative estimate of drug-likeness (QED) is 0.685. The molecule has 64 valence electrons. The lowest BCUT2D eigenvalue weighted by molar-refractivity contribution is 0.696. The van der Waals surface area contributed by atoms with Gasteiger partial charge in [-0.1, -0.05) is 12.8 Å². The monoisotopic (exact) mass is 163 g/mol. The summed E-state index contributed by atoms with van der Waals surface area (Å²) in [7, 11) is 0. The molecule has 0 aliphatic heterocycles. The maximum Gasteiger partial charge on any atom is 0.220 e. The van der Waals surface area contributed by atoms with Crippen LogP contribution in [0.3, 0.4) is 0 Å². The van der Waals surface area contributed by atoms with Gasteiger partial charge in [0, 0.05) is 17.8 Å². The average Bonchev–Trinajstić information content (AvgIpc) is 2.56. The highest BCUT2D eigenvalue weighted by molar-refractivity contribution is 5.20. The van der Waals surface area contributed by atoms with Crippen LogP contribution in [0.5, 0.6) is 0 Å². The van der Waals surface area contributed by atoms with E-state index in [1.807, 2.05) is 6.07 Å². The third-order valence-corrected chi connectivity index (χ3v) is 2.47. The van der Waals surface area contributed by atoms with E-state index in [9.17, 15) is 0 Å². The Morgan fingerprint density at radius 3 is 2.75 bits per heavy atom. The van der Waals surface area contributed by atoms with Gasteiger partial charge in [-0.05, 0) is 18.9 Å². The molecule has 1 saturated carbocycles. The molecule has 1 aromatic rings. The molecule has 1 heterocycles. The molecule has 1 aliphatic rings. The smallest absolute Gasteiger partial charge is 0.220 e. The summed E-state index contributed by atoms with van der Waals surface area (Å²) in [5.74, 6) is 1.04. The molecule has 0 radical (unpaired) electrons. The molecule has 0 spiro atoms. The van der Waals surface area contributed by atoms with Crippen molar-refractivity contribution in [3.8, 4) is 0 Å². The molecule has 0 aromatic carbocycles. The molecule has 3 heteroatoms. The van der Waals surface area contributed by atoms with E-state index >= 15 is 0 Å². The fraction of sp³-hybridized carbons (Fsp3) is 0.556. The van der Waals surface area contributed by atoms with Crippen molar-refractivity contribution in [3.05, 3.63) is 18.0 Å². The van der Waals surface area contributed by atoms with E-state index in [1.54, 1.807) is 6.20 Å². The Balaban J connectivity index is 2.21. The summed E-state index contributed by atoms with van der Waals surface area (Å²) in [5.41, 5.74) is 6.63. The first-order chi connectivity index (χ1) is 5.86. The summed E-state index contributed by atoms with van der Waals surface area (Å²) in [6, 6.07) is 1.98. The topological polar surface area (TPSA) is 51.8 Å². The molecule has 0 amide bonds. The van der Waals surface area contributed by atoms with Crippen molar-refractivity contribution in [2.45, 2.75) is 31.6 Å². The number of hydrogen-bond acceptors (Lipinski definition) is 3. The lowest BCUT2D eigenvalue weighted by atomic mass is 10.0. The van der Waals surface area contributed by atoms with Gasteiger partial charge in [-0.2, -0.15) is 0 Å². The van der Waals surface area contributed by atoms with E-state index < -0.39 is 0 Å². The van der Waals surface area contributed by atoms with Gasteiger partial charge in [0.2, 0.25) is 5.95 Å². The minimum absolute atomic E-state index is 0.402. The summed E-state index contributed by atoms with van der Waals surface area (Å²) in [6.07, 6.45) is 6.92. The molecule has 1 aromatic heterocycles. The molecule has 2 N–H and O–H groups in total. The zero-order chi connectivity index (χ0) is 8.39. The van der Waals surface area contributed by atoms with Crippen LogP contribution >= 0.6 is 0 Å². The Morgan fingerprint density at radius 1 is 1.33 bits per heavy atom. The number of rotatable bonds is 1. The van der Waals surface area contributed by atoms with E-state index in [1.165, 1.54) is 25.7 Å². The summed E-state index contributed by atoms with van der Waals surface area (Å²) >= 11 is 0. The maximum absolute atomic E-state index is 5.50. The van der Waals surface area contributed by atoms with Crippen LogP contribution in [0, 0.1) is 0 Å². The second kappa shape index (κ2) is 3.09. The molecule has 1 fully saturated rings. The zero-order valence-corrected chi connectivity index (χ0v) is 7.03. The molecular formula is C9H13N3. The van der Waals surface area contributed by atoms with Crippen LogP contribution in [0.15, 0.2) is 12.3 Å². The van der Waals surface area contributed by atoms with Crippen molar-refractivity contribution < 1.29 is 0 Å². The normalized spacial score (nSPS) is 18.3. The molecule has 3 nitrogen and oxygen atoms in total. The Kier molecular flexibility index (Phi) is 1.94. The standard InChI is InChI=1S/C9H13N3/c10-9-11-6-5-8(12-9)7-3-1-2-4-7/h5-7H,1-4H2,(H2,10,11,12). The highest BCUT2D eigenvalue weighted by atomic mass is 15.0. The van der Waals surface area contributed by atoms with E-state index in [0.717, 1.165) is 5.69 Å². The van der Waals surface area contributed by atoms with Gasteiger partial charge in [0.1, 0.15) is 0 Å². The van der Waals surface area contributed by atoms with Crippen LogP contribution in [0.25, 0.3) is 0 Å². The summed E-state index contributed by atoms with van der Waals surface area (Å²) < 4.78 is 0. The number of aromatic nitrogens is 2. The Labute approximate surface area is 72.0 Å². The maximum atomic E-state index is 5.50. The van der Waals surface area contributed by atoms with Crippen LogP contribution < -0.4 is 5.73 Å². The minimum atomic E-state index is 0.402. The lowest BCUT2D eigenvalue weighted by Crippen LogP contribution is -2.01. The third kappa shape index (κ3) is 1.40. The summed E-state index contributed by atoms with van der Waals surface area (Å²) in [6.45, 7) is 0. The van der Waals surface area contributed by atoms with Crippen LogP contribution in [-0.4, -0.2) is 9.97 Å². The fourth-order valence-corrected chi connectivity index (χ4v) is 1.84. The minimum Gasteiger partial charge on any atom is -0.368 e. The lowest BCUT2D eigenvalue weighted by Gasteiger charge is -2.07. The van der Waals surface area contributed by atoms with Crippen molar-refractivity contribution in [2.24, 2.45) is 0 Å². The first kappa shape index (κ1) is 7.53. The predicted octanol–water partition coefficient (Wildman–Crippen LogP) is 1.72. The number of nitrogens with two attached hydrogens (primary N) is 1. The first-order valence-corrected chi connectivity index (χ1v) is 4.44. The van der Waals surface area contributed by atoms with Crippen LogP contribution in [0.2, 0.25) is 0 Å². The summed E-state index contributed by atoms with van der Waals surface area (Å²) in [4.78, 5) is 8.10. The van der Waals surface area contributed by atoms with E-state index in [0.29, 0.717) is 11.9 Å². The largest absolute Gasteiger partial charge is 0.368 e. The first-order valence-electron chi connectivity index (χ1n) is 4.44. The highest BCUT2D eigenvalue weighted by Crippen LogP contribution is 2.32. The molecule has 0 saturated heterocycles. The molecule has 1 aliphatic carbocycles. The predicted molar refractivity (Wildman–Crippen MR) is 47.7 cm³/mol. The second-order valence-electron chi connectivity index (χ2n) is 3.32. The Morgan fingerprint density at radius 2 is 2.08 bits per heavy atom. The van der Waals surface area contributed by atoms with Gasteiger partial charge < -0.3 is 5.73 Å². The van der Waals surface area contributed by atoms with Crippen molar-refractivity contribution in [3.63, 3.8) is 0 Å². The SMILES string of the molecule is Nc1nccc(C2CCCC2)n1. The Hall–Kier alpha value is -1.12. The van der Waals surface area contributed by atoms with Gasteiger partial charge >= 0.3 is 0 Å². The van der Waals surface area contributed by atoms with E-state index in [2.05, 4.69) is 9.97 Å². The van der Waals surface area contributed by atoms with Crippen molar-refractivity contribution in [2.75, 3.05) is 5.73 Å². The zero-order valence-electron chi connectivity index (χ0n) is 7.03. The van der Waals surface area contributed by atoms with Gasteiger partial charge in [-0.3, -0.25) is 0 Å². The fourth-order valence-electron chi connectivity index (χ4n) is 1.84. The third-order valence-electron chi connectivity index (χ3n) is 2.47. The van der Waals surface area contributed by atoms with Crippen molar-refractivity contribution in [1.82, 2.24) is 9.97 Å². The van der Waals surface area contributed by atoms with Gasteiger partial charge in [-0.15, -0.1) is 0 Å². The van der Waals surface area contributed by atoms with Crippen molar-refractivity contribution >= 4 is 5.95 Å². The Bertz CT molecular complexity index is 266. The molecule has 0 bridgehead atoms. The number of anilines is 1. The van der Waals surface area contributed by atoms with Gasteiger partial charge in [-0.25, -0.2) is 9.97 Å². The molecule has 0 unspecified atom stereocenters. The number of nitrogens with zero attached hydrogens (tertiary/aromatic N) is 2. The average molecular weight is 163 g/mol. The molecule has 12 heavy (non-hydrogen) atoms. The van der Waals surface area contributed by atoms with Crippen molar-refractivity contribution in [1.29, 1.82) is 0 Å². The van der Waals surface area contributed by atoms with Crippen LogP contribution in [0.1, 0.15) is 37.3 Å². The van der Waals surface area contributed by atoms with Crippen LogP contribution in [-0.2, 0) is 0 Å². The number of nitrogen functional groups attached to an aromatic ring is 1. The summed E-state index contributed by atoms with van der Waals surface area (Å²) in [5, 5.41) is 0. The molecular weight excluding hydrogens is 150 g/mol. The molecule has 2 rings (SSSR count). The van der Waals surface area contributed by atoms with E-state index in [4.69, 9.17) is 5.73 Å². The number of hydrogen-bond donors (Lipinski definition) is 1. The van der Waals surface area contributed by atoms with Gasteiger partial charge in [0.15, 0.2) is 0 Å². The highest BCUT2D eigenvalue weighted by Gasteiger charge is 2.18.